The summed E-state index contributed by atoms with van der Waals surface area (Å²) in [6, 6.07) is 13.2. The van der Waals surface area contributed by atoms with Crippen LogP contribution in [-0.4, -0.2) is 6.21 Å². The maximum atomic E-state index is 5.93. The predicted molar refractivity (Wildman–Crippen MR) is 74.9 cm³/mol. The van der Waals surface area contributed by atoms with Crippen molar-refractivity contribution in [1.82, 2.24) is 0 Å². The monoisotopic (exact) mass is 263 g/mol. The second kappa shape index (κ2) is 5.35. The lowest BCUT2D eigenvalue weighted by Gasteiger charge is -2.00. The van der Waals surface area contributed by atoms with Gasteiger partial charge in [-0.15, -0.1) is 0 Å². The van der Waals surface area contributed by atoms with Crippen molar-refractivity contribution in [2.24, 2.45) is 4.99 Å². The van der Waals surface area contributed by atoms with E-state index < -0.39 is 0 Å². The zero-order chi connectivity index (χ0) is 12.3. The van der Waals surface area contributed by atoms with Crippen LogP contribution in [0.1, 0.15) is 11.1 Å². The molecule has 0 unspecified atom stereocenters. The lowest BCUT2D eigenvalue weighted by atomic mass is 10.2. The summed E-state index contributed by atoms with van der Waals surface area (Å²) in [5.41, 5.74) is 2.99. The SMILES string of the molecule is Cc1ccc(Cl)cc1N=Cc1ccc(Cl)cc1. The average molecular weight is 264 g/mol. The Labute approximate surface area is 111 Å². The molecule has 0 fully saturated rings. The van der Waals surface area contributed by atoms with Crippen LogP contribution in [0.5, 0.6) is 0 Å². The molecule has 0 aliphatic carbocycles. The Morgan fingerprint density at radius 3 is 2.29 bits per heavy atom. The van der Waals surface area contributed by atoms with Gasteiger partial charge in [0, 0.05) is 16.3 Å². The van der Waals surface area contributed by atoms with Crippen molar-refractivity contribution < 1.29 is 0 Å². The summed E-state index contributed by atoms with van der Waals surface area (Å²) in [7, 11) is 0. The Hall–Kier alpha value is -1.31. The van der Waals surface area contributed by atoms with Gasteiger partial charge in [0.15, 0.2) is 0 Å². The summed E-state index contributed by atoms with van der Waals surface area (Å²) in [4.78, 5) is 4.41. The van der Waals surface area contributed by atoms with Crippen molar-refractivity contribution in [3.63, 3.8) is 0 Å². The molecule has 0 aliphatic heterocycles. The van der Waals surface area contributed by atoms with Gasteiger partial charge in [-0.05, 0) is 42.3 Å². The summed E-state index contributed by atoms with van der Waals surface area (Å²) in [5.74, 6) is 0. The normalized spacial score (nSPS) is 11.0. The molecule has 0 saturated carbocycles. The minimum absolute atomic E-state index is 0.693. The van der Waals surface area contributed by atoms with Crippen molar-refractivity contribution in [3.8, 4) is 0 Å². The maximum Gasteiger partial charge on any atom is 0.0673 e. The van der Waals surface area contributed by atoms with Gasteiger partial charge in [-0.3, -0.25) is 4.99 Å². The van der Waals surface area contributed by atoms with Crippen LogP contribution in [0, 0.1) is 6.92 Å². The molecule has 1 nitrogen and oxygen atoms in total. The largest absolute Gasteiger partial charge is 0.256 e. The molecule has 0 bridgehead atoms. The summed E-state index contributed by atoms with van der Waals surface area (Å²) in [6.07, 6.45) is 1.80. The third kappa shape index (κ3) is 3.32. The summed E-state index contributed by atoms with van der Waals surface area (Å²) in [6.45, 7) is 2.00. The van der Waals surface area contributed by atoms with Gasteiger partial charge in [-0.1, -0.05) is 41.4 Å². The van der Waals surface area contributed by atoms with E-state index in [1.807, 2.05) is 49.4 Å². The molecule has 0 N–H and O–H groups in total. The quantitative estimate of drug-likeness (QED) is 0.673. The third-order valence-electron chi connectivity index (χ3n) is 2.39. The Morgan fingerprint density at radius 2 is 1.59 bits per heavy atom. The van der Waals surface area contributed by atoms with Crippen LogP contribution < -0.4 is 0 Å². The van der Waals surface area contributed by atoms with Crippen LogP contribution in [0.2, 0.25) is 10.0 Å². The van der Waals surface area contributed by atoms with Crippen molar-refractivity contribution in [2.75, 3.05) is 0 Å². The number of benzene rings is 2. The molecule has 2 aromatic rings. The molecule has 0 heterocycles. The molecule has 0 aromatic heterocycles. The minimum Gasteiger partial charge on any atom is -0.256 e. The molecule has 0 radical (unpaired) electrons. The molecular weight excluding hydrogens is 253 g/mol. The summed E-state index contributed by atoms with van der Waals surface area (Å²) in [5, 5.41) is 1.42. The molecular formula is C14H11Cl2N. The van der Waals surface area contributed by atoms with Crippen LogP contribution in [0.25, 0.3) is 0 Å². The zero-order valence-corrected chi connectivity index (χ0v) is 10.8. The van der Waals surface area contributed by atoms with Gasteiger partial charge in [-0.2, -0.15) is 0 Å². The molecule has 0 aliphatic rings. The first-order valence-electron chi connectivity index (χ1n) is 5.21. The van der Waals surface area contributed by atoms with E-state index >= 15 is 0 Å². The Bertz CT molecular complexity index is 545. The Kier molecular flexibility index (Phi) is 3.82. The third-order valence-corrected chi connectivity index (χ3v) is 2.88. The van der Waals surface area contributed by atoms with Gasteiger partial charge in [0.25, 0.3) is 0 Å². The van der Waals surface area contributed by atoms with Gasteiger partial charge < -0.3 is 0 Å². The summed E-state index contributed by atoms with van der Waals surface area (Å²) < 4.78 is 0. The highest BCUT2D eigenvalue weighted by Crippen LogP contribution is 2.22. The van der Waals surface area contributed by atoms with E-state index in [-0.39, 0.29) is 0 Å². The molecule has 2 rings (SSSR count). The molecule has 17 heavy (non-hydrogen) atoms. The van der Waals surface area contributed by atoms with E-state index in [1.54, 1.807) is 6.21 Å². The number of aliphatic imine (C=N–C) groups is 1. The fourth-order valence-electron chi connectivity index (χ4n) is 1.41. The van der Waals surface area contributed by atoms with E-state index in [9.17, 15) is 0 Å². The van der Waals surface area contributed by atoms with Crippen LogP contribution in [0.15, 0.2) is 47.5 Å². The maximum absolute atomic E-state index is 5.93. The fourth-order valence-corrected chi connectivity index (χ4v) is 1.71. The topological polar surface area (TPSA) is 12.4 Å². The molecule has 0 atom stereocenters. The molecule has 0 saturated heterocycles. The first kappa shape index (κ1) is 12.2. The van der Waals surface area contributed by atoms with E-state index in [4.69, 9.17) is 23.2 Å². The van der Waals surface area contributed by atoms with E-state index in [0.717, 1.165) is 21.8 Å². The van der Waals surface area contributed by atoms with E-state index in [2.05, 4.69) is 4.99 Å². The van der Waals surface area contributed by atoms with Crippen molar-refractivity contribution in [2.45, 2.75) is 6.92 Å². The Morgan fingerprint density at radius 1 is 0.941 bits per heavy atom. The van der Waals surface area contributed by atoms with E-state index in [0.29, 0.717) is 5.02 Å². The van der Waals surface area contributed by atoms with Crippen LogP contribution in [0.4, 0.5) is 5.69 Å². The lowest BCUT2D eigenvalue weighted by Crippen LogP contribution is -1.80. The number of rotatable bonds is 2. The molecule has 0 amide bonds. The molecule has 2 aromatic carbocycles. The first-order chi connectivity index (χ1) is 8.15. The minimum atomic E-state index is 0.693. The van der Waals surface area contributed by atoms with Crippen LogP contribution in [-0.2, 0) is 0 Å². The molecule has 0 spiro atoms. The lowest BCUT2D eigenvalue weighted by molar-refractivity contribution is 1.40. The van der Waals surface area contributed by atoms with Crippen molar-refractivity contribution in [3.05, 3.63) is 63.6 Å². The Balaban J connectivity index is 2.25. The highest BCUT2D eigenvalue weighted by atomic mass is 35.5. The number of nitrogens with zero attached hydrogens (tertiary/aromatic N) is 1. The van der Waals surface area contributed by atoms with Gasteiger partial charge in [-0.25, -0.2) is 0 Å². The molecule has 3 heteroatoms. The first-order valence-corrected chi connectivity index (χ1v) is 5.96. The second-order valence-corrected chi connectivity index (χ2v) is 4.61. The number of halogens is 2. The van der Waals surface area contributed by atoms with Crippen molar-refractivity contribution >= 4 is 35.1 Å². The van der Waals surface area contributed by atoms with Gasteiger partial charge in [0.1, 0.15) is 0 Å². The highest BCUT2D eigenvalue weighted by Gasteiger charge is 1.96. The van der Waals surface area contributed by atoms with Crippen LogP contribution >= 0.6 is 23.2 Å². The summed E-state index contributed by atoms with van der Waals surface area (Å²) >= 11 is 11.7. The molecule has 86 valence electrons. The second-order valence-electron chi connectivity index (χ2n) is 3.74. The predicted octanol–water partition coefficient (Wildman–Crippen LogP) is 5.05. The zero-order valence-electron chi connectivity index (χ0n) is 9.32. The van der Waals surface area contributed by atoms with E-state index in [1.165, 1.54) is 0 Å². The number of aryl methyl sites for hydroxylation is 1. The number of hydrogen-bond donors (Lipinski definition) is 0. The van der Waals surface area contributed by atoms with Crippen molar-refractivity contribution in [1.29, 1.82) is 0 Å². The highest BCUT2D eigenvalue weighted by molar-refractivity contribution is 6.31. The average Bonchev–Trinajstić information content (AvgIpc) is 2.32. The smallest absolute Gasteiger partial charge is 0.0673 e. The van der Waals surface area contributed by atoms with Gasteiger partial charge >= 0.3 is 0 Å². The van der Waals surface area contributed by atoms with Gasteiger partial charge in [0.2, 0.25) is 0 Å². The van der Waals surface area contributed by atoms with Gasteiger partial charge in [0.05, 0.1) is 5.69 Å². The van der Waals surface area contributed by atoms with Crippen LogP contribution in [0.3, 0.4) is 0 Å². The fraction of sp³-hybridized carbons (Fsp3) is 0.0714. The standard InChI is InChI=1S/C14H11Cl2N/c1-10-2-5-13(16)8-14(10)17-9-11-3-6-12(15)7-4-11/h2-9H,1H3. The number of hydrogen-bond acceptors (Lipinski definition) is 1.